The summed E-state index contributed by atoms with van der Waals surface area (Å²) in [5.41, 5.74) is 4.02. The normalized spacial score (nSPS) is 10.5. The molecule has 0 saturated heterocycles. The van der Waals surface area contributed by atoms with Crippen LogP contribution in [0.4, 0.5) is 0 Å². The maximum absolute atomic E-state index is 12.7. The Balaban J connectivity index is 1.75. The molecule has 0 aliphatic rings. The quantitative estimate of drug-likeness (QED) is 0.534. The van der Waals surface area contributed by atoms with Crippen LogP contribution in [0, 0.1) is 13.8 Å². The van der Waals surface area contributed by atoms with E-state index in [1.165, 1.54) is 0 Å². The van der Waals surface area contributed by atoms with Crippen molar-refractivity contribution >= 4 is 11.9 Å². The molecule has 3 rings (SSSR count). The molecular formula is C26H27NO5. The topological polar surface area (TPSA) is 73.9 Å². The SMILES string of the molecule is COc1ccc(C(NC(=O)COC(=O)c2cccc(C)c2C)c2ccc(OC)cc2)cc1. The van der Waals surface area contributed by atoms with Gasteiger partial charge in [0.05, 0.1) is 25.8 Å². The number of ether oxygens (including phenoxy) is 3. The molecule has 0 spiro atoms. The summed E-state index contributed by atoms with van der Waals surface area (Å²) in [6, 6.07) is 19.8. The standard InChI is InChI=1S/C26H27NO5/c1-17-6-5-7-23(18(17)2)26(29)32-16-24(28)27-25(19-8-12-21(30-3)13-9-19)20-10-14-22(31-4)15-11-20/h5-15,25H,16H2,1-4H3,(H,27,28). The molecule has 0 atom stereocenters. The number of amides is 1. The van der Waals surface area contributed by atoms with E-state index in [2.05, 4.69) is 5.32 Å². The Morgan fingerprint density at radius 2 is 1.34 bits per heavy atom. The molecule has 1 amide bonds. The summed E-state index contributed by atoms with van der Waals surface area (Å²) in [4.78, 5) is 25.2. The van der Waals surface area contributed by atoms with E-state index in [-0.39, 0.29) is 6.61 Å². The molecule has 3 aromatic carbocycles. The van der Waals surface area contributed by atoms with Crippen LogP contribution < -0.4 is 14.8 Å². The zero-order valence-corrected chi connectivity index (χ0v) is 18.7. The molecule has 0 radical (unpaired) electrons. The van der Waals surface area contributed by atoms with Gasteiger partial charge in [-0.15, -0.1) is 0 Å². The highest BCUT2D eigenvalue weighted by Crippen LogP contribution is 2.26. The van der Waals surface area contributed by atoms with Crippen LogP contribution in [0.1, 0.15) is 38.7 Å². The number of hydrogen-bond acceptors (Lipinski definition) is 5. The number of esters is 1. The van der Waals surface area contributed by atoms with Crippen molar-refractivity contribution in [2.24, 2.45) is 0 Å². The van der Waals surface area contributed by atoms with Crippen LogP contribution in [0.3, 0.4) is 0 Å². The van der Waals surface area contributed by atoms with Crippen molar-refractivity contribution in [1.82, 2.24) is 5.32 Å². The molecule has 0 bridgehead atoms. The monoisotopic (exact) mass is 433 g/mol. The number of hydrogen-bond donors (Lipinski definition) is 1. The zero-order valence-electron chi connectivity index (χ0n) is 18.7. The summed E-state index contributed by atoms with van der Waals surface area (Å²) in [7, 11) is 3.20. The summed E-state index contributed by atoms with van der Waals surface area (Å²) in [6.45, 7) is 3.40. The van der Waals surface area contributed by atoms with Gasteiger partial charge in [-0.3, -0.25) is 4.79 Å². The van der Waals surface area contributed by atoms with Crippen molar-refractivity contribution in [3.63, 3.8) is 0 Å². The van der Waals surface area contributed by atoms with Gasteiger partial charge in [0.15, 0.2) is 6.61 Å². The molecule has 0 fully saturated rings. The number of benzene rings is 3. The first-order valence-electron chi connectivity index (χ1n) is 10.2. The molecule has 166 valence electrons. The van der Waals surface area contributed by atoms with Crippen LogP contribution >= 0.6 is 0 Å². The van der Waals surface area contributed by atoms with Crippen molar-refractivity contribution in [1.29, 1.82) is 0 Å². The number of methoxy groups -OCH3 is 2. The van der Waals surface area contributed by atoms with Gasteiger partial charge >= 0.3 is 5.97 Å². The van der Waals surface area contributed by atoms with Gasteiger partial charge in [0.2, 0.25) is 0 Å². The molecule has 3 aromatic rings. The van der Waals surface area contributed by atoms with Gasteiger partial charge in [-0.1, -0.05) is 36.4 Å². The highest BCUT2D eigenvalue weighted by atomic mass is 16.5. The minimum atomic E-state index is -0.521. The lowest BCUT2D eigenvalue weighted by molar-refractivity contribution is -0.124. The van der Waals surface area contributed by atoms with E-state index in [9.17, 15) is 9.59 Å². The third-order valence-corrected chi connectivity index (χ3v) is 5.36. The average molecular weight is 434 g/mol. The van der Waals surface area contributed by atoms with Gasteiger partial charge in [0.25, 0.3) is 5.91 Å². The predicted molar refractivity (Wildman–Crippen MR) is 122 cm³/mol. The van der Waals surface area contributed by atoms with Crippen LogP contribution in [-0.4, -0.2) is 32.7 Å². The van der Waals surface area contributed by atoms with Crippen LogP contribution in [0.2, 0.25) is 0 Å². The molecule has 0 unspecified atom stereocenters. The van der Waals surface area contributed by atoms with E-state index in [0.717, 1.165) is 33.8 Å². The zero-order chi connectivity index (χ0) is 23.1. The molecule has 0 aliphatic heterocycles. The molecule has 0 saturated carbocycles. The summed E-state index contributed by atoms with van der Waals surface area (Å²) in [5, 5.41) is 2.96. The maximum Gasteiger partial charge on any atom is 0.338 e. The van der Waals surface area contributed by atoms with Gasteiger partial charge in [0.1, 0.15) is 11.5 Å². The van der Waals surface area contributed by atoms with E-state index >= 15 is 0 Å². The second-order valence-corrected chi connectivity index (χ2v) is 7.37. The van der Waals surface area contributed by atoms with Gasteiger partial charge in [-0.2, -0.15) is 0 Å². The highest BCUT2D eigenvalue weighted by Gasteiger charge is 2.19. The van der Waals surface area contributed by atoms with Crippen molar-refractivity contribution in [2.45, 2.75) is 19.9 Å². The molecule has 0 aliphatic carbocycles. The van der Waals surface area contributed by atoms with Crippen LogP contribution in [-0.2, 0) is 9.53 Å². The Labute approximate surface area is 188 Å². The summed E-state index contributed by atoms with van der Waals surface area (Å²) < 4.78 is 15.7. The third-order valence-electron chi connectivity index (χ3n) is 5.36. The fourth-order valence-corrected chi connectivity index (χ4v) is 3.34. The second-order valence-electron chi connectivity index (χ2n) is 7.37. The average Bonchev–Trinajstić information content (AvgIpc) is 2.83. The largest absolute Gasteiger partial charge is 0.497 e. The van der Waals surface area contributed by atoms with Crippen LogP contribution in [0.25, 0.3) is 0 Å². The van der Waals surface area contributed by atoms with Crippen LogP contribution in [0.5, 0.6) is 11.5 Å². The number of carbonyl (C=O) groups excluding carboxylic acids is 2. The molecule has 0 heterocycles. The van der Waals surface area contributed by atoms with Gasteiger partial charge in [-0.25, -0.2) is 4.79 Å². The number of rotatable bonds is 8. The molecule has 32 heavy (non-hydrogen) atoms. The smallest absolute Gasteiger partial charge is 0.338 e. The van der Waals surface area contributed by atoms with Crippen molar-refractivity contribution in [3.05, 3.63) is 94.5 Å². The Morgan fingerprint density at radius 1 is 0.812 bits per heavy atom. The van der Waals surface area contributed by atoms with Crippen molar-refractivity contribution in [2.75, 3.05) is 20.8 Å². The lowest BCUT2D eigenvalue weighted by atomic mass is 9.98. The predicted octanol–water partition coefficient (Wildman–Crippen LogP) is 4.38. The Kier molecular flexibility index (Phi) is 7.49. The number of nitrogens with one attached hydrogen (secondary N) is 1. The Morgan fingerprint density at radius 3 is 1.84 bits per heavy atom. The first-order chi connectivity index (χ1) is 15.4. The lowest BCUT2D eigenvalue weighted by Crippen LogP contribution is -2.33. The van der Waals surface area contributed by atoms with E-state index in [1.807, 2.05) is 68.4 Å². The summed E-state index contributed by atoms with van der Waals surface area (Å²) in [5.74, 6) is 0.513. The number of carbonyl (C=O) groups is 2. The molecule has 6 nitrogen and oxygen atoms in total. The minimum absolute atomic E-state index is 0.380. The maximum atomic E-state index is 12.7. The molecular weight excluding hydrogens is 406 g/mol. The molecule has 1 N–H and O–H groups in total. The first kappa shape index (κ1) is 22.9. The molecule has 6 heteroatoms. The summed E-state index contributed by atoms with van der Waals surface area (Å²) >= 11 is 0. The highest BCUT2D eigenvalue weighted by molar-refractivity contribution is 5.93. The fraction of sp³-hybridized carbons (Fsp3) is 0.231. The Bertz CT molecular complexity index is 1030. The van der Waals surface area contributed by atoms with Gasteiger partial charge in [-0.05, 0) is 66.4 Å². The van der Waals surface area contributed by atoms with E-state index in [4.69, 9.17) is 14.2 Å². The van der Waals surface area contributed by atoms with Gasteiger partial charge in [0, 0.05) is 0 Å². The lowest BCUT2D eigenvalue weighted by Gasteiger charge is -2.20. The first-order valence-corrected chi connectivity index (χ1v) is 10.2. The van der Waals surface area contributed by atoms with Crippen molar-refractivity contribution in [3.8, 4) is 11.5 Å². The van der Waals surface area contributed by atoms with Gasteiger partial charge < -0.3 is 19.5 Å². The Hall–Kier alpha value is -3.80. The third kappa shape index (κ3) is 5.46. The van der Waals surface area contributed by atoms with E-state index in [1.54, 1.807) is 26.4 Å². The molecule has 0 aromatic heterocycles. The number of aryl methyl sites for hydroxylation is 1. The van der Waals surface area contributed by atoms with Crippen LogP contribution in [0.15, 0.2) is 66.7 Å². The minimum Gasteiger partial charge on any atom is -0.497 e. The summed E-state index contributed by atoms with van der Waals surface area (Å²) in [6.07, 6.45) is 0. The van der Waals surface area contributed by atoms with Crippen molar-refractivity contribution < 1.29 is 23.8 Å². The van der Waals surface area contributed by atoms with E-state index < -0.39 is 17.9 Å². The fourth-order valence-electron chi connectivity index (χ4n) is 3.34. The second kappa shape index (κ2) is 10.5. The van der Waals surface area contributed by atoms with E-state index in [0.29, 0.717) is 5.56 Å².